The molecular formula is C70H84Cl3F8N19O15. The van der Waals surface area contributed by atoms with E-state index in [1.807, 2.05) is 6.07 Å². The molecular weight excluding hydrogens is 1610 g/mol. The van der Waals surface area contributed by atoms with E-state index in [0.29, 0.717) is 31.9 Å². The highest BCUT2D eigenvalue weighted by atomic mass is 35.5. The van der Waals surface area contributed by atoms with Gasteiger partial charge in [0, 0.05) is 70.7 Å². The number of ether oxygens (including phenoxy) is 5. The minimum absolute atomic E-state index is 0.000778. The lowest BCUT2D eigenvalue weighted by Crippen LogP contribution is -2.42. The molecule has 11 atom stereocenters. The van der Waals surface area contributed by atoms with Gasteiger partial charge in [-0.2, -0.15) is 55.3 Å². The molecule has 45 heteroatoms. The van der Waals surface area contributed by atoms with Gasteiger partial charge in [-0.3, -0.25) is 24.0 Å². The Hall–Kier alpha value is -9.32. The van der Waals surface area contributed by atoms with Gasteiger partial charge in [-0.15, -0.1) is 0 Å². The van der Waals surface area contributed by atoms with Gasteiger partial charge in [0.25, 0.3) is 27.8 Å². The fourth-order valence-corrected chi connectivity index (χ4v) is 14.6. The van der Waals surface area contributed by atoms with Crippen LogP contribution in [0.4, 0.5) is 67.5 Å². The number of carbonyl (C=O) groups is 2. The lowest BCUT2D eigenvalue weighted by atomic mass is 9.92. The summed E-state index contributed by atoms with van der Waals surface area (Å²) in [5.74, 6) is -5.44. The number of carbonyl (C=O) groups excluding carboxylic acids is 2. The van der Waals surface area contributed by atoms with Crippen molar-refractivity contribution in [1.29, 1.82) is 15.8 Å². The standard InChI is InChI=1S/C18H22F3N5O4.C16H18F3N5O3.C14H17FN4O3.C13H17ClFN3O3.C9H10Cl2N2O2/c19-13-9-25(14-8-23-26(5-6-27)16(28)12(14)7-22)10-15(13)30-17(29)24-11-1-3-18(20,21)4-2-11;17-11-7-24(12-6-21-23-14(25)10(12)5-20)8-13(11)27-15(26)22-9-1-3-16(18,19)4-2-9;15-10-7-18(8-12(10)20)11-6-17-19(14(21)9(11)5-16)13-3-1-2-4-22-13;14-12-9(17-6-8(15)10(19)7-17)5-16-18(13(12)20)11-3-1-2-4-21-11;10-6-5-12-13(9(14)8(6)11)7-3-1-2-4-15-7/h8,11,13,15,27H,1-6,9-10H2,(H,24,29);6,9,11,13H,1-4,7-8H2,(H,22,26)(H,23,25);6,10,12-13,20H,1-4,7-8H2;5,8,10-11,19H,1-4,6-7H2;5,7H,1-4H2/t13-,15-;11-,13-;10-,12-,13?;8-,10-,11?;/m0000./s1. The summed E-state index contributed by atoms with van der Waals surface area (Å²) in [6, 6.07) is 4.50. The largest absolute Gasteiger partial charge is 0.441 e. The predicted molar refractivity (Wildman–Crippen MR) is 393 cm³/mol. The second kappa shape index (κ2) is 40.0. The highest BCUT2D eigenvalue weighted by Crippen LogP contribution is 2.37. The fraction of sp³-hybridized carbons (Fsp3) is 0.643. The first-order chi connectivity index (χ1) is 54.9. The summed E-state index contributed by atoms with van der Waals surface area (Å²) >= 11 is 17.5. The third-order valence-corrected chi connectivity index (χ3v) is 21.5. The minimum Gasteiger partial charge on any atom is -0.441 e. The van der Waals surface area contributed by atoms with Crippen molar-refractivity contribution in [2.24, 2.45) is 0 Å². The van der Waals surface area contributed by atoms with E-state index in [1.54, 1.807) is 12.1 Å². The van der Waals surface area contributed by atoms with Gasteiger partial charge in [-0.1, -0.05) is 34.8 Å². The molecule has 2 saturated carbocycles. The average molecular weight is 1690 g/mol. The summed E-state index contributed by atoms with van der Waals surface area (Å²) in [6.45, 7) is 0.938. The molecule has 115 heavy (non-hydrogen) atoms. The van der Waals surface area contributed by atoms with Crippen molar-refractivity contribution in [1.82, 2.24) is 60.0 Å². The van der Waals surface area contributed by atoms with Crippen LogP contribution in [0.15, 0.2) is 55.0 Å². The number of alkyl halides is 8. The molecule has 2 aliphatic carbocycles. The Kier molecular flexibility index (Phi) is 30.6. The van der Waals surface area contributed by atoms with E-state index in [2.05, 4.69) is 41.2 Å². The first-order valence-electron chi connectivity index (χ1n) is 37.2. The van der Waals surface area contributed by atoms with Crippen LogP contribution in [-0.4, -0.2) is 229 Å². The molecule has 5 aromatic rings. The van der Waals surface area contributed by atoms with E-state index < -0.39 is 125 Å². The number of H-pyrrole nitrogens is 1. The van der Waals surface area contributed by atoms with E-state index in [9.17, 15) is 89.4 Å². The number of anilines is 4. The van der Waals surface area contributed by atoms with Gasteiger partial charge in [-0.05, 0) is 83.5 Å². The molecule has 0 spiro atoms. The molecule has 34 nitrogen and oxygen atoms in total. The van der Waals surface area contributed by atoms with Crippen molar-refractivity contribution in [3.8, 4) is 18.2 Å². The number of β-amino-alcohol motifs (C(OH)–C–C–N with tert-alkyl or cyclic N) is 2. The van der Waals surface area contributed by atoms with Gasteiger partial charge in [0.2, 0.25) is 11.8 Å². The molecule has 6 N–H and O–H groups in total. The van der Waals surface area contributed by atoms with Crippen LogP contribution in [0.5, 0.6) is 0 Å². The van der Waals surface area contributed by atoms with E-state index in [-0.39, 0.29) is 172 Å². The van der Waals surface area contributed by atoms with Crippen LogP contribution in [0, 0.1) is 34.0 Å². The second-order valence-electron chi connectivity index (χ2n) is 28.5. The number of nitrogens with zero attached hydrogens (tertiary/aromatic N) is 16. The topological polar surface area (TPSA) is 435 Å². The molecule has 3 unspecified atom stereocenters. The van der Waals surface area contributed by atoms with Gasteiger partial charge in [0.15, 0.2) is 43.2 Å². The van der Waals surface area contributed by atoms with Crippen molar-refractivity contribution >= 4 is 69.7 Å². The summed E-state index contributed by atoms with van der Waals surface area (Å²) in [4.78, 5) is 90.2. The first-order valence-corrected chi connectivity index (χ1v) is 38.3. The van der Waals surface area contributed by atoms with E-state index in [4.69, 9.17) is 68.9 Å². The Labute approximate surface area is 664 Å². The van der Waals surface area contributed by atoms with Crippen molar-refractivity contribution in [3.05, 3.63) is 115 Å². The third-order valence-electron chi connectivity index (χ3n) is 20.4. The summed E-state index contributed by atoms with van der Waals surface area (Å²) in [5.41, 5.74) is -2.44. The molecule has 9 aliphatic rings. The zero-order valence-corrected chi connectivity index (χ0v) is 63.9. The summed E-state index contributed by atoms with van der Waals surface area (Å²) in [7, 11) is 0. The van der Waals surface area contributed by atoms with Crippen LogP contribution in [0.2, 0.25) is 15.1 Å². The number of amides is 2. The molecule has 9 fully saturated rings. The number of aliphatic hydroxyl groups excluding tert-OH is 3. The highest BCUT2D eigenvalue weighted by Gasteiger charge is 2.43. The SMILES string of the molecule is N#Cc1c(N2C[C@H](O)[C@@H](F)C2)cnn(C2CCCCO2)c1=O.N#Cc1c(N2C[C@H](OC(=O)NC3CCC(F)(F)CC3)[C@@H](F)C2)cn[nH]c1=O.N#Cc1c(N2C[C@H](OC(=O)NC3CCC(F)(F)CC3)[C@@H](F)C2)cnn(CCO)c1=O.O=c1c(Cl)c(Cl)cnn1C1CCCCO1.O=c1c(Cl)c(N2C[C@H](O)[C@@H](F)C2)cnn1C1CCCCO1. The maximum absolute atomic E-state index is 14.4. The number of aliphatic hydroxyl groups is 3. The summed E-state index contributed by atoms with van der Waals surface area (Å²) < 4.78 is 140. The normalized spacial score (nSPS) is 25.8. The number of hydrogen-bond acceptors (Lipinski definition) is 27. The number of aromatic amines is 1. The number of aromatic nitrogens is 10. The van der Waals surface area contributed by atoms with Crippen LogP contribution in [-0.2, 0) is 30.2 Å². The molecule has 0 aromatic carbocycles. The Morgan fingerprint density at radius 1 is 0.504 bits per heavy atom. The number of rotatable bonds is 13. The highest BCUT2D eigenvalue weighted by molar-refractivity contribution is 6.41. The average Bonchev–Trinajstić information content (AvgIpc) is 1.76. The van der Waals surface area contributed by atoms with Crippen LogP contribution in [0.25, 0.3) is 0 Å². The van der Waals surface area contributed by atoms with Gasteiger partial charge in [0.05, 0.1) is 111 Å². The van der Waals surface area contributed by atoms with Crippen molar-refractivity contribution in [3.63, 3.8) is 0 Å². The molecule has 0 bridgehead atoms. The Bertz CT molecular complexity index is 4620. The zero-order valence-electron chi connectivity index (χ0n) is 61.7. The zero-order chi connectivity index (χ0) is 83.0. The summed E-state index contributed by atoms with van der Waals surface area (Å²) in [6.07, 6.45) is 0.686. The first kappa shape index (κ1) is 88.1. The van der Waals surface area contributed by atoms with Gasteiger partial charge >= 0.3 is 12.2 Å². The van der Waals surface area contributed by atoms with E-state index in [1.165, 1.54) is 64.6 Å². The molecule has 7 aliphatic heterocycles. The number of hydrogen-bond donors (Lipinski definition) is 6. The molecule has 626 valence electrons. The van der Waals surface area contributed by atoms with Gasteiger partial charge < -0.3 is 69.2 Å². The monoisotopic (exact) mass is 1690 g/mol. The van der Waals surface area contributed by atoms with Gasteiger partial charge in [0.1, 0.15) is 69.5 Å². The molecule has 12 heterocycles. The summed E-state index contributed by atoms with van der Waals surface area (Å²) in [5, 5.41) is 82.5. The second-order valence-corrected chi connectivity index (χ2v) is 29.6. The van der Waals surface area contributed by atoms with E-state index in [0.717, 1.165) is 56.0 Å². The number of alkyl carbamates (subject to hydrolysis) is 2. The van der Waals surface area contributed by atoms with Crippen LogP contribution >= 0.6 is 34.8 Å². The van der Waals surface area contributed by atoms with Gasteiger partial charge in [-0.25, -0.2) is 54.5 Å². The Morgan fingerprint density at radius 2 is 0.887 bits per heavy atom. The van der Waals surface area contributed by atoms with Crippen molar-refractivity contribution in [2.75, 3.05) is 98.4 Å². The maximum atomic E-state index is 14.4. The number of halogens is 11. The lowest BCUT2D eigenvalue weighted by molar-refractivity contribution is -0.0425. The minimum atomic E-state index is -2.73. The van der Waals surface area contributed by atoms with E-state index >= 15 is 0 Å². The molecule has 7 saturated heterocycles. The lowest BCUT2D eigenvalue weighted by Gasteiger charge is -2.29. The van der Waals surface area contributed by atoms with Crippen molar-refractivity contribution < 1.29 is 83.7 Å². The Balaban J connectivity index is 0.000000154. The number of nitriles is 3. The molecule has 14 rings (SSSR count). The molecule has 5 aromatic heterocycles. The predicted octanol–water partition coefficient (Wildman–Crippen LogP) is 6.11. The van der Waals surface area contributed by atoms with Crippen LogP contribution < -0.4 is 58.0 Å². The quantitative estimate of drug-likeness (QED) is 0.0724. The third kappa shape index (κ3) is 22.5. The maximum Gasteiger partial charge on any atom is 0.407 e. The number of nitrogens with one attached hydrogen (secondary N) is 3. The smallest absolute Gasteiger partial charge is 0.407 e. The van der Waals surface area contributed by atoms with Crippen molar-refractivity contribution in [2.45, 2.75) is 207 Å². The molecule has 0 radical (unpaired) electrons. The fourth-order valence-electron chi connectivity index (χ4n) is 14.1. The molecule has 2 amide bonds. The Morgan fingerprint density at radius 3 is 1.30 bits per heavy atom. The van der Waals surface area contributed by atoms with Crippen LogP contribution in [0.3, 0.4) is 0 Å². The van der Waals surface area contributed by atoms with Crippen LogP contribution in [0.1, 0.15) is 145 Å².